The van der Waals surface area contributed by atoms with Gasteiger partial charge in [0.25, 0.3) is 0 Å². The van der Waals surface area contributed by atoms with Gasteiger partial charge < -0.3 is 5.11 Å². The number of likely N-dealkylation sites (tertiary alicyclic amines) is 1. The van der Waals surface area contributed by atoms with Gasteiger partial charge in [0.05, 0.1) is 6.42 Å². The van der Waals surface area contributed by atoms with Gasteiger partial charge in [-0.25, -0.2) is 0 Å². The summed E-state index contributed by atoms with van der Waals surface area (Å²) < 4.78 is 0. The van der Waals surface area contributed by atoms with Crippen LogP contribution in [0.3, 0.4) is 0 Å². The molecule has 1 saturated heterocycles. The van der Waals surface area contributed by atoms with Crippen LogP contribution < -0.4 is 0 Å². The second kappa shape index (κ2) is 4.12. The highest BCUT2D eigenvalue weighted by Gasteiger charge is 2.48. The standard InChI is InChI=1S/C12H21NO2/c1-2-4-10-8-13(9-10)12(5-3-6-12)7-11(14)15/h10H,2-9H2,1H3,(H,14,15). The molecule has 0 spiro atoms. The Morgan fingerprint density at radius 1 is 1.47 bits per heavy atom. The molecular formula is C12H21NO2. The summed E-state index contributed by atoms with van der Waals surface area (Å²) in [6, 6.07) is 0. The molecule has 1 saturated carbocycles. The first-order valence-electron chi connectivity index (χ1n) is 6.13. The lowest BCUT2D eigenvalue weighted by molar-refractivity contribution is -0.146. The summed E-state index contributed by atoms with van der Waals surface area (Å²) in [5, 5.41) is 8.93. The maximum absolute atomic E-state index is 10.8. The normalized spacial score (nSPS) is 25.7. The minimum Gasteiger partial charge on any atom is -0.481 e. The minimum atomic E-state index is -0.631. The first-order chi connectivity index (χ1) is 7.16. The van der Waals surface area contributed by atoms with Gasteiger partial charge in [0.1, 0.15) is 0 Å². The maximum Gasteiger partial charge on any atom is 0.305 e. The van der Waals surface area contributed by atoms with E-state index >= 15 is 0 Å². The zero-order valence-corrected chi connectivity index (χ0v) is 9.54. The molecule has 15 heavy (non-hydrogen) atoms. The predicted octanol–water partition coefficient (Wildman–Crippen LogP) is 2.12. The molecule has 1 heterocycles. The molecule has 2 fully saturated rings. The first kappa shape index (κ1) is 10.9. The second-order valence-electron chi connectivity index (χ2n) is 5.21. The van der Waals surface area contributed by atoms with E-state index in [-0.39, 0.29) is 5.54 Å². The van der Waals surface area contributed by atoms with Gasteiger partial charge in [0.2, 0.25) is 0 Å². The second-order valence-corrected chi connectivity index (χ2v) is 5.21. The molecule has 0 atom stereocenters. The van der Waals surface area contributed by atoms with E-state index in [0.717, 1.165) is 31.8 Å². The summed E-state index contributed by atoms with van der Waals surface area (Å²) in [5.74, 6) is 0.204. The Morgan fingerprint density at radius 3 is 2.53 bits per heavy atom. The molecule has 86 valence electrons. The van der Waals surface area contributed by atoms with E-state index in [2.05, 4.69) is 11.8 Å². The van der Waals surface area contributed by atoms with Crippen LogP contribution in [0.25, 0.3) is 0 Å². The largest absolute Gasteiger partial charge is 0.481 e. The Balaban J connectivity index is 1.84. The molecular weight excluding hydrogens is 190 g/mol. The molecule has 1 N–H and O–H groups in total. The number of hydrogen-bond donors (Lipinski definition) is 1. The van der Waals surface area contributed by atoms with Crippen LogP contribution in [-0.4, -0.2) is 34.6 Å². The van der Waals surface area contributed by atoms with E-state index in [9.17, 15) is 4.79 Å². The van der Waals surface area contributed by atoms with Crippen molar-refractivity contribution in [2.24, 2.45) is 5.92 Å². The molecule has 0 unspecified atom stereocenters. The fourth-order valence-corrected chi connectivity index (χ4v) is 3.02. The minimum absolute atomic E-state index is 0.0517. The third kappa shape index (κ3) is 2.03. The molecule has 3 heteroatoms. The maximum atomic E-state index is 10.8. The van der Waals surface area contributed by atoms with Crippen molar-refractivity contribution >= 4 is 5.97 Å². The molecule has 0 amide bonds. The molecule has 2 rings (SSSR count). The van der Waals surface area contributed by atoms with Crippen molar-refractivity contribution in [3.05, 3.63) is 0 Å². The number of aliphatic carboxylic acids is 1. The van der Waals surface area contributed by atoms with Crippen LogP contribution in [0.4, 0.5) is 0 Å². The molecule has 0 aromatic heterocycles. The van der Waals surface area contributed by atoms with E-state index < -0.39 is 5.97 Å². The SMILES string of the molecule is CCCC1CN(C2(CC(=O)O)CCC2)C1. The van der Waals surface area contributed by atoms with Crippen LogP contribution in [0.15, 0.2) is 0 Å². The van der Waals surface area contributed by atoms with Gasteiger partial charge in [-0.3, -0.25) is 9.69 Å². The third-order valence-electron chi connectivity index (χ3n) is 4.09. The molecule has 0 radical (unpaired) electrons. The van der Waals surface area contributed by atoms with Crippen molar-refractivity contribution in [3.8, 4) is 0 Å². The number of hydrogen-bond acceptors (Lipinski definition) is 2. The van der Waals surface area contributed by atoms with E-state index in [0.29, 0.717) is 6.42 Å². The number of nitrogens with zero attached hydrogens (tertiary/aromatic N) is 1. The zero-order chi connectivity index (χ0) is 10.9. The summed E-state index contributed by atoms with van der Waals surface area (Å²) in [6.45, 7) is 4.50. The third-order valence-corrected chi connectivity index (χ3v) is 4.09. The van der Waals surface area contributed by atoms with Crippen LogP contribution in [0.5, 0.6) is 0 Å². The summed E-state index contributed by atoms with van der Waals surface area (Å²) in [6.07, 6.45) is 6.31. The van der Waals surface area contributed by atoms with Gasteiger partial charge in [-0.05, 0) is 31.6 Å². The van der Waals surface area contributed by atoms with Crippen molar-refractivity contribution in [3.63, 3.8) is 0 Å². The van der Waals surface area contributed by atoms with Gasteiger partial charge >= 0.3 is 5.97 Å². The fourth-order valence-electron chi connectivity index (χ4n) is 3.02. The van der Waals surface area contributed by atoms with Gasteiger partial charge in [0, 0.05) is 18.6 Å². The van der Waals surface area contributed by atoms with Crippen LogP contribution in [0.2, 0.25) is 0 Å². The number of carboxylic acid groups (broad SMARTS) is 1. The Kier molecular flexibility index (Phi) is 3.01. The van der Waals surface area contributed by atoms with Gasteiger partial charge in [-0.15, -0.1) is 0 Å². The average Bonchev–Trinajstić information content (AvgIpc) is 2.04. The Hall–Kier alpha value is -0.570. The molecule has 3 nitrogen and oxygen atoms in total. The van der Waals surface area contributed by atoms with Crippen LogP contribution >= 0.6 is 0 Å². The van der Waals surface area contributed by atoms with E-state index in [1.165, 1.54) is 19.3 Å². The van der Waals surface area contributed by atoms with Gasteiger partial charge in [-0.1, -0.05) is 13.3 Å². The van der Waals surface area contributed by atoms with Crippen molar-refractivity contribution < 1.29 is 9.90 Å². The molecule has 1 aliphatic carbocycles. The van der Waals surface area contributed by atoms with Crippen LogP contribution in [0.1, 0.15) is 45.4 Å². The lowest BCUT2D eigenvalue weighted by Crippen LogP contribution is -2.63. The van der Waals surface area contributed by atoms with Crippen LogP contribution in [-0.2, 0) is 4.79 Å². The molecule has 1 aliphatic heterocycles. The first-order valence-corrected chi connectivity index (χ1v) is 6.13. The lowest BCUT2D eigenvalue weighted by Gasteiger charge is -2.56. The van der Waals surface area contributed by atoms with Gasteiger partial charge in [0.15, 0.2) is 0 Å². The lowest BCUT2D eigenvalue weighted by atomic mass is 9.70. The van der Waals surface area contributed by atoms with E-state index in [4.69, 9.17) is 5.11 Å². The highest BCUT2D eigenvalue weighted by atomic mass is 16.4. The monoisotopic (exact) mass is 211 g/mol. The number of carbonyl (C=O) groups is 1. The molecule has 0 aromatic carbocycles. The smallest absolute Gasteiger partial charge is 0.305 e. The average molecular weight is 211 g/mol. The Bertz CT molecular complexity index is 242. The quantitative estimate of drug-likeness (QED) is 0.757. The molecule has 0 bridgehead atoms. The van der Waals surface area contributed by atoms with Crippen LogP contribution in [0, 0.1) is 5.92 Å². The van der Waals surface area contributed by atoms with E-state index in [1.807, 2.05) is 0 Å². The van der Waals surface area contributed by atoms with E-state index in [1.54, 1.807) is 0 Å². The number of carboxylic acids is 1. The van der Waals surface area contributed by atoms with Crippen molar-refractivity contribution in [2.75, 3.05) is 13.1 Å². The topological polar surface area (TPSA) is 40.5 Å². The summed E-state index contributed by atoms with van der Waals surface area (Å²) in [4.78, 5) is 13.3. The van der Waals surface area contributed by atoms with Crippen molar-refractivity contribution in [1.29, 1.82) is 0 Å². The summed E-state index contributed by atoms with van der Waals surface area (Å²) in [5.41, 5.74) is 0.0517. The van der Waals surface area contributed by atoms with Crippen molar-refractivity contribution in [2.45, 2.75) is 51.0 Å². The summed E-state index contributed by atoms with van der Waals surface area (Å²) in [7, 11) is 0. The fraction of sp³-hybridized carbons (Fsp3) is 0.917. The highest BCUT2D eigenvalue weighted by molar-refractivity contribution is 5.68. The molecule has 2 aliphatic rings. The Morgan fingerprint density at radius 2 is 2.13 bits per heavy atom. The molecule has 0 aromatic rings. The Labute approximate surface area is 91.5 Å². The number of rotatable bonds is 5. The summed E-state index contributed by atoms with van der Waals surface area (Å²) >= 11 is 0. The zero-order valence-electron chi connectivity index (χ0n) is 9.54. The highest BCUT2D eigenvalue weighted by Crippen LogP contribution is 2.44. The van der Waals surface area contributed by atoms with Crippen molar-refractivity contribution in [1.82, 2.24) is 4.90 Å². The van der Waals surface area contributed by atoms with Gasteiger partial charge in [-0.2, -0.15) is 0 Å². The predicted molar refractivity (Wildman–Crippen MR) is 58.8 cm³/mol.